The van der Waals surface area contributed by atoms with E-state index in [1.807, 2.05) is 30.3 Å². The lowest BCUT2D eigenvalue weighted by Crippen LogP contribution is -2.15. The van der Waals surface area contributed by atoms with Gasteiger partial charge in [0, 0.05) is 18.3 Å². The van der Waals surface area contributed by atoms with E-state index in [-0.39, 0.29) is 28.6 Å². The predicted molar refractivity (Wildman–Crippen MR) is 107 cm³/mol. The molecule has 29 heavy (non-hydrogen) atoms. The highest BCUT2D eigenvalue weighted by Gasteiger charge is 2.25. The number of carbonyl (C=O) groups is 1. The lowest BCUT2D eigenvalue weighted by Gasteiger charge is -2.11. The molecule has 1 heterocycles. The number of amides is 1. The third-order valence-electron chi connectivity index (χ3n) is 4.09. The Hall–Kier alpha value is -3.88. The molecule has 0 aliphatic carbocycles. The van der Waals surface area contributed by atoms with Crippen LogP contribution in [-0.4, -0.2) is 34.3 Å². The summed E-state index contributed by atoms with van der Waals surface area (Å²) in [6.45, 7) is 2.62. The highest BCUT2D eigenvalue weighted by molar-refractivity contribution is 6.07. The summed E-state index contributed by atoms with van der Waals surface area (Å²) in [4.78, 5) is 23.5. The molecule has 0 aliphatic heterocycles. The standard InChI is InChI=1S/C20H20N4O5/c1-3-29-18-11-15(16(24(26)27)12-17(18)28-2)20(25)21-19-9-10-23(22-19)13-14-7-5-4-6-8-14/h4-12H,3,13H2,1-2H3,(H,21,22,25). The van der Waals surface area contributed by atoms with Gasteiger partial charge in [0.15, 0.2) is 17.3 Å². The zero-order valence-electron chi connectivity index (χ0n) is 16.0. The van der Waals surface area contributed by atoms with Crippen molar-refractivity contribution in [3.63, 3.8) is 0 Å². The Labute approximate surface area is 167 Å². The third-order valence-corrected chi connectivity index (χ3v) is 4.09. The van der Waals surface area contributed by atoms with Crippen LogP contribution in [0, 0.1) is 10.1 Å². The molecule has 2 aromatic carbocycles. The zero-order valence-corrected chi connectivity index (χ0v) is 16.0. The molecule has 0 radical (unpaired) electrons. The maximum Gasteiger partial charge on any atom is 0.286 e. The van der Waals surface area contributed by atoms with E-state index < -0.39 is 10.8 Å². The molecule has 1 aromatic heterocycles. The van der Waals surface area contributed by atoms with Gasteiger partial charge in [-0.3, -0.25) is 19.6 Å². The first-order valence-electron chi connectivity index (χ1n) is 8.89. The number of nitrogens with one attached hydrogen (secondary N) is 1. The fourth-order valence-electron chi connectivity index (χ4n) is 2.78. The first-order chi connectivity index (χ1) is 14.0. The quantitative estimate of drug-likeness (QED) is 0.461. The number of benzene rings is 2. The minimum Gasteiger partial charge on any atom is -0.493 e. The molecule has 9 heteroatoms. The number of aromatic nitrogens is 2. The number of ether oxygens (including phenoxy) is 2. The van der Waals surface area contributed by atoms with Crippen LogP contribution in [0.3, 0.4) is 0 Å². The third kappa shape index (κ3) is 4.70. The Morgan fingerprint density at radius 2 is 1.97 bits per heavy atom. The lowest BCUT2D eigenvalue weighted by atomic mass is 10.1. The fourth-order valence-corrected chi connectivity index (χ4v) is 2.78. The van der Waals surface area contributed by atoms with Crippen LogP contribution in [0.2, 0.25) is 0 Å². The molecule has 0 atom stereocenters. The number of methoxy groups -OCH3 is 1. The zero-order chi connectivity index (χ0) is 20.8. The number of nitrogens with zero attached hydrogens (tertiary/aromatic N) is 3. The van der Waals surface area contributed by atoms with Crippen molar-refractivity contribution in [2.45, 2.75) is 13.5 Å². The van der Waals surface area contributed by atoms with Crippen LogP contribution >= 0.6 is 0 Å². The molecule has 0 aliphatic rings. The molecule has 0 unspecified atom stereocenters. The topological polar surface area (TPSA) is 109 Å². The monoisotopic (exact) mass is 396 g/mol. The van der Waals surface area contributed by atoms with Gasteiger partial charge in [-0.2, -0.15) is 5.10 Å². The highest BCUT2D eigenvalue weighted by atomic mass is 16.6. The van der Waals surface area contributed by atoms with E-state index >= 15 is 0 Å². The van der Waals surface area contributed by atoms with Crippen molar-refractivity contribution >= 4 is 17.4 Å². The summed E-state index contributed by atoms with van der Waals surface area (Å²) in [6.07, 6.45) is 1.72. The van der Waals surface area contributed by atoms with Gasteiger partial charge in [0.2, 0.25) is 0 Å². The van der Waals surface area contributed by atoms with Crippen molar-refractivity contribution in [2.24, 2.45) is 0 Å². The van der Waals surface area contributed by atoms with Gasteiger partial charge in [-0.15, -0.1) is 0 Å². The van der Waals surface area contributed by atoms with Gasteiger partial charge in [-0.05, 0) is 12.5 Å². The molecule has 150 valence electrons. The number of anilines is 1. The first-order valence-corrected chi connectivity index (χ1v) is 8.89. The number of nitro groups is 1. The smallest absolute Gasteiger partial charge is 0.286 e. The Kier molecular flexibility index (Phi) is 6.08. The second-order valence-corrected chi connectivity index (χ2v) is 6.05. The van der Waals surface area contributed by atoms with Gasteiger partial charge in [0.1, 0.15) is 5.56 Å². The minimum absolute atomic E-state index is 0.142. The van der Waals surface area contributed by atoms with Crippen LogP contribution in [0.4, 0.5) is 11.5 Å². The molecular weight excluding hydrogens is 376 g/mol. The summed E-state index contributed by atoms with van der Waals surface area (Å²) in [5.41, 5.74) is 0.531. The lowest BCUT2D eigenvalue weighted by molar-refractivity contribution is -0.385. The van der Waals surface area contributed by atoms with Gasteiger partial charge in [-0.1, -0.05) is 30.3 Å². The molecule has 0 bridgehead atoms. The normalized spacial score (nSPS) is 10.4. The van der Waals surface area contributed by atoms with Crippen LogP contribution in [0.25, 0.3) is 0 Å². The second kappa shape index (κ2) is 8.87. The molecular formula is C20H20N4O5. The largest absolute Gasteiger partial charge is 0.493 e. The van der Waals surface area contributed by atoms with Gasteiger partial charge in [0.25, 0.3) is 11.6 Å². The van der Waals surface area contributed by atoms with E-state index in [9.17, 15) is 14.9 Å². The van der Waals surface area contributed by atoms with E-state index in [1.54, 1.807) is 23.9 Å². The van der Waals surface area contributed by atoms with Crippen molar-refractivity contribution in [3.8, 4) is 11.5 Å². The Balaban J connectivity index is 1.83. The summed E-state index contributed by atoms with van der Waals surface area (Å²) >= 11 is 0. The number of carbonyl (C=O) groups excluding carboxylic acids is 1. The summed E-state index contributed by atoms with van der Waals surface area (Å²) < 4.78 is 12.2. The van der Waals surface area contributed by atoms with Crippen molar-refractivity contribution in [1.29, 1.82) is 0 Å². The fraction of sp³-hybridized carbons (Fsp3) is 0.200. The summed E-state index contributed by atoms with van der Waals surface area (Å²) in [7, 11) is 1.38. The van der Waals surface area contributed by atoms with E-state index in [2.05, 4.69) is 10.4 Å². The Morgan fingerprint density at radius 3 is 2.62 bits per heavy atom. The summed E-state index contributed by atoms with van der Waals surface area (Å²) in [5, 5.41) is 18.3. The molecule has 0 saturated heterocycles. The molecule has 1 N–H and O–H groups in total. The molecule has 3 aromatic rings. The molecule has 0 spiro atoms. The van der Waals surface area contributed by atoms with Crippen molar-refractivity contribution in [2.75, 3.05) is 19.0 Å². The minimum atomic E-state index is -0.662. The Bertz CT molecular complexity index is 1020. The van der Waals surface area contributed by atoms with Crippen LogP contribution in [0.5, 0.6) is 11.5 Å². The molecule has 1 amide bonds. The van der Waals surface area contributed by atoms with Gasteiger partial charge in [0.05, 0.1) is 31.3 Å². The van der Waals surface area contributed by atoms with Gasteiger partial charge in [-0.25, -0.2) is 0 Å². The number of nitro benzene ring substituents is 1. The molecule has 0 fully saturated rings. The Morgan fingerprint density at radius 1 is 1.21 bits per heavy atom. The average molecular weight is 396 g/mol. The van der Waals surface area contributed by atoms with Crippen molar-refractivity contribution < 1.29 is 19.2 Å². The van der Waals surface area contributed by atoms with E-state index in [1.165, 1.54) is 19.2 Å². The molecule has 0 saturated carbocycles. The van der Waals surface area contributed by atoms with Gasteiger partial charge >= 0.3 is 0 Å². The predicted octanol–water partition coefficient (Wildman–Crippen LogP) is 3.50. The van der Waals surface area contributed by atoms with Crippen molar-refractivity contribution in [3.05, 3.63) is 76.0 Å². The second-order valence-electron chi connectivity index (χ2n) is 6.05. The maximum atomic E-state index is 12.7. The van der Waals surface area contributed by atoms with E-state index in [4.69, 9.17) is 9.47 Å². The average Bonchev–Trinajstić information content (AvgIpc) is 3.15. The number of hydrogen-bond donors (Lipinski definition) is 1. The summed E-state index contributed by atoms with van der Waals surface area (Å²) in [5.74, 6) is 0.0573. The van der Waals surface area contributed by atoms with Crippen LogP contribution in [0.1, 0.15) is 22.8 Å². The number of rotatable bonds is 8. The van der Waals surface area contributed by atoms with Crippen LogP contribution < -0.4 is 14.8 Å². The highest BCUT2D eigenvalue weighted by Crippen LogP contribution is 2.35. The number of hydrogen-bond acceptors (Lipinski definition) is 6. The first kappa shape index (κ1) is 19.9. The molecule has 9 nitrogen and oxygen atoms in total. The molecule has 3 rings (SSSR count). The summed E-state index contributed by atoms with van der Waals surface area (Å²) in [6, 6.07) is 13.8. The van der Waals surface area contributed by atoms with Crippen molar-refractivity contribution in [1.82, 2.24) is 9.78 Å². The maximum absolute atomic E-state index is 12.7. The van der Waals surface area contributed by atoms with E-state index in [0.717, 1.165) is 5.56 Å². The van der Waals surface area contributed by atoms with Crippen LogP contribution in [0.15, 0.2) is 54.7 Å². The SMILES string of the molecule is CCOc1cc(C(=O)Nc2ccn(Cc3ccccc3)n2)c([N+](=O)[O-])cc1OC. The van der Waals surface area contributed by atoms with Crippen LogP contribution in [-0.2, 0) is 6.54 Å². The van der Waals surface area contributed by atoms with Gasteiger partial charge < -0.3 is 14.8 Å². The van der Waals surface area contributed by atoms with E-state index in [0.29, 0.717) is 13.2 Å².